The van der Waals surface area contributed by atoms with Crippen LogP contribution in [0.4, 0.5) is 13.2 Å². The topological polar surface area (TPSA) is 46.2 Å². The van der Waals surface area contributed by atoms with Crippen molar-refractivity contribution in [2.24, 2.45) is 5.73 Å². The van der Waals surface area contributed by atoms with Gasteiger partial charge in [0.2, 0.25) is 0 Å². The average Bonchev–Trinajstić information content (AvgIpc) is 2.09. The van der Waals surface area contributed by atoms with Crippen molar-refractivity contribution in [2.75, 3.05) is 0 Å². The maximum atomic E-state index is 12.0. The number of halogens is 3. The summed E-state index contributed by atoms with van der Waals surface area (Å²) in [6.07, 6.45) is -2.40. The van der Waals surface area contributed by atoms with E-state index in [0.717, 1.165) is 19.3 Å². The van der Waals surface area contributed by atoms with Gasteiger partial charge in [-0.05, 0) is 6.42 Å². The molecule has 0 saturated carbocycles. The minimum atomic E-state index is -4.50. The van der Waals surface area contributed by atoms with Gasteiger partial charge >= 0.3 is 6.18 Å². The van der Waals surface area contributed by atoms with E-state index in [4.69, 9.17) is 10.8 Å². The van der Waals surface area contributed by atoms with E-state index in [9.17, 15) is 13.2 Å². The third kappa shape index (κ3) is 5.44. The lowest BCUT2D eigenvalue weighted by Crippen LogP contribution is -2.46. The number of rotatable bonds is 6. The molecule has 0 aromatic carbocycles. The van der Waals surface area contributed by atoms with Crippen LogP contribution in [0.15, 0.2) is 0 Å². The number of nitrogens with two attached hydrogens (primary N) is 1. The minimum Gasteiger partial charge on any atom is -0.391 e. The van der Waals surface area contributed by atoms with E-state index in [1.807, 2.05) is 6.92 Å². The van der Waals surface area contributed by atoms with Crippen LogP contribution in [0.25, 0.3) is 0 Å². The molecule has 0 radical (unpaired) electrons. The fourth-order valence-corrected chi connectivity index (χ4v) is 1.18. The van der Waals surface area contributed by atoms with E-state index in [1.54, 1.807) is 0 Å². The van der Waals surface area contributed by atoms with E-state index < -0.39 is 18.3 Å². The quantitative estimate of drug-likeness (QED) is 0.664. The molecule has 3 N–H and O–H groups in total. The molecule has 0 fully saturated rings. The average molecular weight is 213 g/mol. The molecule has 86 valence electrons. The van der Waals surface area contributed by atoms with Gasteiger partial charge in [0.25, 0.3) is 0 Å². The van der Waals surface area contributed by atoms with E-state index in [2.05, 4.69) is 0 Å². The molecule has 0 aliphatic carbocycles. The highest BCUT2D eigenvalue weighted by Gasteiger charge is 2.40. The van der Waals surface area contributed by atoms with Gasteiger partial charge in [0.1, 0.15) is 6.04 Å². The summed E-state index contributed by atoms with van der Waals surface area (Å²) in [4.78, 5) is 0. The van der Waals surface area contributed by atoms with Crippen molar-refractivity contribution < 1.29 is 18.3 Å². The van der Waals surface area contributed by atoms with Crippen LogP contribution < -0.4 is 5.73 Å². The number of alkyl halides is 3. The van der Waals surface area contributed by atoms with Crippen molar-refractivity contribution in [2.45, 2.75) is 57.3 Å². The molecule has 0 saturated heterocycles. The predicted octanol–water partition coefficient (Wildman–Crippen LogP) is 2.21. The molecule has 0 bridgehead atoms. The summed E-state index contributed by atoms with van der Waals surface area (Å²) in [6.45, 7) is 2.01. The maximum Gasteiger partial charge on any atom is 0.406 e. The molecule has 0 amide bonds. The zero-order chi connectivity index (χ0) is 11.2. The van der Waals surface area contributed by atoms with Crippen molar-refractivity contribution in [3.63, 3.8) is 0 Å². The normalized spacial score (nSPS) is 16.7. The first kappa shape index (κ1) is 13.7. The molecular formula is C9H18F3NO. The van der Waals surface area contributed by atoms with Crippen molar-refractivity contribution in [1.82, 2.24) is 0 Å². The Bertz CT molecular complexity index is 149. The molecule has 0 aromatic heterocycles. The van der Waals surface area contributed by atoms with Gasteiger partial charge in [-0.3, -0.25) is 0 Å². The Labute approximate surface area is 82.3 Å². The standard InChI is InChI=1S/C9H18F3NO/c1-2-3-4-5-6-7(14)8(13)9(10,11)12/h7-8,14H,2-6,13H2,1H3. The lowest BCUT2D eigenvalue weighted by atomic mass is 10.0. The van der Waals surface area contributed by atoms with Crippen LogP contribution in [-0.2, 0) is 0 Å². The molecular weight excluding hydrogens is 195 g/mol. The Balaban J connectivity index is 3.68. The van der Waals surface area contributed by atoms with Gasteiger partial charge < -0.3 is 10.8 Å². The van der Waals surface area contributed by atoms with Crippen LogP contribution in [0.5, 0.6) is 0 Å². The van der Waals surface area contributed by atoms with E-state index in [1.165, 1.54) is 0 Å². The van der Waals surface area contributed by atoms with E-state index in [-0.39, 0.29) is 6.42 Å². The van der Waals surface area contributed by atoms with Crippen molar-refractivity contribution >= 4 is 0 Å². The Morgan fingerprint density at radius 1 is 1.21 bits per heavy atom. The number of hydrogen-bond donors (Lipinski definition) is 2. The summed E-state index contributed by atoms with van der Waals surface area (Å²) in [5.74, 6) is 0. The first-order valence-electron chi connectivity index (χ1n) is 4.90. The summed E-state index contributed by atoms with van der Waals surface area (Å²) in [7, 11) is 0. The molecule has 2 nitrogen and oxygen atoms in total. The Morgan fingerprint density at radius 2 is 1.79 bits per heavy atom. The van der Waals surface area contributed by atoms with Crippen LogP contribution in [0.2, 0.25) is 0 Å². The smallest absolute Gasteiger partial charge is 0.391 e. The Hall–Kier alpha value is -0.290. The summed E-state index contributed by atoms with van der Waals surface area (Å²) in [5, 5.41) is 9.11. The van der Waals surface area contributed by atoms with E-state index >= 15 is 0 Å². The van der Waals surface area contributed by atoms with Gasteiger partial charge in [0.15, 0.2) is 0 Å². The maximum absolute atomic E-state index is 12.0. The number of hydrogen-bond acceptors (Lipinski definition) is 2. The molecule has 0 rings (SSSR count). The summed E-state index contributed by atoms with van der Waals surface area (Å²) in [6, 6.07) is -2.11. The highest BCUT2D eigenvalue weighted by Crippen LogP contribution is 2.22. The largest absolute Gasteiger partial charge is 0.406 e. The second-order valence-corrected chi connectivity index (χ2v) is 3.48. The highest BCUT2D eigenvalue weighted by molar-refractivity contribution is 4.78. The van der Waals surface area contributed by atoms with E-state index in [0.29, 0.717) is 6.42 Å². The second-order valence-electron chi connectivity index (χ2n) is 3.48. The molecule has 0 aromatic rings. The molecule has 5 heteroatoms. The molecule has 2 atom stereocenters. The van der Waals surface area contributed by atoms with Gasteiger partial charge in [0.05, 0.1) is 6.10 Å². The fourth-order valence-electron chi connectivity index (χ4n) is 1.18. The van der Waals surface area contributed by atoms with Crippen molar-refractivity contribution in [1.29, 1.82) is 0 Å². The molecule has 0 aliphatic heterocycles. The predicted molar refractivity (Wildman–Crippen MR) is 48.8 cm³/mol. The highest BCUT2D eigenvalue weighted by atomic mass is 19.4. The monoisotopic (exact) mass is 213 g/mol. The molecule has 2 unspecified atom stereocenters. The third-order valence-electron chi connectivity index (χ3n) is 2.15. The number of aliphatic hydroxyl groups is 1. The van der Waals surface area contributed by atoms with Crippen molar-refractivity contribution in [3.05, 3.63) is 0 Å². The zero-order valence-electron chi connectivity index (χ0n) is 8.35. The van der Waals surface area contributed by atoms with Gasteiger partial charge in [0, 0.05) is 0 Å². The number of aliphatic hydroxyl groups excluding tert-OH is 1. The number of unbranched alkanes of at least 4 members (excludes halogenated alkanes) is 3. The molecule has 14 heavy (non-hydrogen) atoms. The minimum absolute atomic E-state index is 0.126. The van der Waals surface area contributed by atoms with Crippen molar-refractivity contribution in [3.8, 4) is 0 Å². The lowest BCUT2D eigenvalue weighted by Gasteiger charge is -2.21. The molecule has 0 aliphatic rings. The van der Waals surface area contributed by atoms with Crippen LogP contribution >= 0.6 is 0 Å². The second kappa shape index (κ2) is 6.24. The Kier molecular flexibility index (Phi) is 6.11. The SMILES string of the molecule is CCCCCCC(O)C(N)C(F)(F)F. The van der Waals surface area contributed by atoms with Crippen LogP contribution in [-0.4, -0.2) is 23.4 Å². The first-order chi connectivity index (χ1) is 6.39. The molecule has 0 spiro atoms. The Morgan fingerprint density at radius 3 is 2.21 bits per heavy atom. The van der Waals surface area contributed by atoms with Gasteiger partial charge in [-0.25, -0.2) is 0 Å². The third-order valence-corrected chi connectivity index (χ3v) is 2.15. The first-order valence-corrected chi connectivity index (χ1v) is 4.90. The summed E-state index contributed by atoms with van der Waals surface area (Å²) < 4.78 is 36.0. The zero-order valence-corrected chi connectivity index (χ0v) is 8.35. The van der Waals surface area contributed by atoms with Crippen LogP contribution in [0.1, 0.15) is 39.0 Å². The van der Waals surface area contributed by atoms with Crippen LogP contribution in [0, 0.1) is 0 Å². The van der Waals surface area contributed by atoms with Gasteiger partial charge in [-0.2, -0.15) is 13.2 Å². The molecule has 0 heterocycles. The fraction of sp³-hybridized carbons (Fsp3) is 1.00. The lowest BCUT2D eigenvalue weighted by molar-refractivity contribution is -0.169. The van der Waals surface area contributed by atoms with Gasteiger partial charge in [-0.1, -0.05) is 32.6 Å². The summed E-state index contributed by atoms with van der Waals surface area (Å²) >= 11 is 0. The van der Waals surface area contributed by atoms with Gasteiger partial charge in [-0.15, -0.1) is 0 Å². The summed E-state index contributed by atoms with van der Waals surface area (Å²) in [5.41, 5.74) is 4.83. The van der Waals surface area contributed by atoms with Crippen LogP contribution in [0.3, 0.4) is 0 Å².